The fraction of sp³-hybridized carbons (Fsp3) is 0.160. The average Bonchev–Trinajstić information content (AvgIpc) is 3.35. The number of nitrogens with one attached hydrogen (secondary N) is 1. The number of benzene rings is 2. The van der Waals surface area contributed by atoms with Crippen LogP contribution < -0.4 is 10.7 Å². The van der Waals surface area contributed by atoms with Crippen LogP contribution in [0.2, 0.25) is 0 Å². The molecule has 1 atom stereocenters. The van der Waals surface area contributed by atoms with Crippen molar-refractivity contribution in [1.29, 1.82) is 0 Å². The largest absolute Gasteiger partial charge is 0.455 e. The second-order valence-electron chi connectivity index (χ2n) is 7.31. The molecule has 0 saturated heterocycles. The van der Waals surface area contributed by atoms with Gasteiger partial charge in [0.1, 0.15) is 11.3 Å². The van der Waals surface area contributed by atoms with E-state index in [-0.39, 0.29) is 28.0 Å². The standard InChI is InChI=1S/C25H21NO5S/c1-15-22(28)18-10-6-11-19(24(18)31-23(15)17-8-4-3-5-9-17)25(29)30-14-21(27)26-16(2)20-12-7-13-32-20/h3-13,16H,14H2,1-2H3,(H,26,27). The molecule has 2 aromatic carbocycles. The van der Waals surface area contributed by atoms with Crippen molar-refractivity contribution < 1.29 is 18.7 Å². The van der Waals surface area contributed by atoms with Crippen LogP contribution in [0.25, 0.3) is 22.3 Å². The summed E-state index contributed by atoms with van der Waals surface area (Å²) in [6.07, 6.45) is 0. The molecule has 4 rings (SSSR count). The van der Waals surface area contributed by atoms with E-state index in [0.717, 1.165) is 10.4 Å². The molecule has 6 nitrogen and oxygen atoms in total. The summed E-state index contributed by atoms with van der Waals surface area (Å²) in [6.45, 7) is 3.11. The maximum Gasteiger partial charge on any atom is 0.342 e. The Morgan fingerprint density at radius 1 is 1.06 bits per heavy atom. The van der Waals surface area contributed by atoms with Gasteiger partial charge in [0.05, 0.1) is 11.4 Å². The molecule has 2 heterocycles. The van der Waals surface area contributed by atoms with Crippen molar-refractivity contribution in [2.45, 2.75) is 19.9 Å². The Morgan fingerprint density at radius 2 is 1.84 bits per heavy atom. The molecule has 1 amide bonds. The molecule has 7 heteroatoms. The van der Waals surface area contributed by atoms with E-state index in [4.69, 9.17) is 9.15 Å². The molecule has 1 N–H and O–H groups in total. The first kappa shape index (κ1) is 21.5. The molecule has 4 aromatic rings. The lowest BCUT2D eigenvalue weighted by molar-refractivity contribution is -0.124. The molecule has 0 bridgehead atoms. The van der Waals surface area contributed by atoms with Crippen LogP contribution in [0.5, 0.6) is 0 Å². The van der Waals surface area contributed by atoms with Crippen molar-refractivity contribution in [2.24, 2.45) is 0 Å². The Bertz CT molecular complexity index is 1330. The maximum atomic E-state index is 12.9. The number of carbonyl (C=O) groups is 2. The fourth-order valence-corrected chi connectivity index (χ4v) is 4.17. The molecule has 0 fully saturated rings. The molecule has 0 radical (unpaired) electrons. The van der Waals surface area contributed by atoms with Crippen molar-refractivity contribution in [3.05, 3.63) is 92.3 Å². The summed E-state index contributed by atoms with van der Waals surface area (Å²) in [5.74, 6) is -0.756. The van der Waals surface area contributed by atoms with E-state index in [1.165, 1.54) is 17.4 Å². The number of rotatable bonds is 6. The van der Waals surface area contributed by atoms with Crippen LogP contribution in [0.1, 0.15) is 33.8 Å². The third-order valence-corrected chi connectivity index (χ3v) is 6.14. The van der Waals surface area contributed by atoms with Gasteiger partial charge in [0.15, 0.2) is 17.6 Å². The predicted octanol–water partition coefficient (Wildman–Crippen LogP) is 4.86. The molecular formula is C25H21NO5S. The van der Waals surface area contributed by atoms with Crippen LogP contribution in [-0.2, 0) is 9.53 Å². The van der Waals surface area contributed by atoms with Gasteiger partial charge < -0.3 is 14.5 Å². The fourth-order valence-electron chi connectivity index (χ4n) is 3.44. The Labute approximate surface area is 188 Å². The number of carbonyl (C=O) groups excluding carboxylic acids is 2. The minimum atomic E-state index is -0.736. The summed E-state index contributed by atoms with van der Waals surface area (Å²) in [5, 5.41) is 5.01. The van der Waals surface area contributed by atoms with E-state index < -0.39 is 18.5 Å². The minimum Gasteiger partial charge on any atom is -0.455 e. The van der Waals surface area contributed by atoms with Crippen LogP contribution in [0.15, 0.2) is 75.3 Å². The van der Waals surface area contributed by atoms with E-state index >= 15 is 0 Å². The summed E-state index contributed by atoms with van der Waals surface area (Å²) in [5.41, 5.74) is 1.20. The zero-order chi connectivity index (χ0) is 22.7. The molecular weight excluding hydrogens is 426 g/mol. The van der Waals surface area contributed by atoms with Gasteiger partial charge in [-0.3, -0.25) is 9.59 Å². The summed E-state index contributed by atoms with van der Waals surface area (Å²) in [7, 11) is 0. The zero-order valence-corrected chi connectivity index (χ0v) is 18.4. The van der Waals surface area contributed by atoms with Crippen LogP contribution in [-0.4, -0.2) is 18.5 Å². The van der Waals surface area contributed by atoms with Gasteiger partial charge in [-0.25, -0.2) is 4.79 Å². The molecule has 0 saturated carbocycles. The zero-order valence-electron chi connectivity index (χ0n) is 17.6. The van der Waals surface area contributed by atoms with Crippen LogP contribution in [0.4, 0.5) is 0 Å². The van der Waals surface area contributed by atoms with E-state index in [1.807, 2.05) is 54.8 Å². The van der Waals surface area contributed by atoms with Gasteiger partial charge in [0, 0.05) is 16.0 Å². The number of fused-ring (bicyclic) bond motifs is 1. The van der Waals surface area contributed by atoms with E-state index in [1.54, 1.807) is 19.1 Å². The molecule has 0 spiro atoms. The normalized spacial score (nSPS) is 11.8. The highest BCUT2D eigenvalue weighted by Gasteiger charge is 2.20. The summed E-state index contributed by atoms with van der Waals surface area (Å²) >= 11 is 1.53. The topological polar surface area (TPSA) is 85.6 Å². The van der Waals surface area contributed by atoms with Crippen LogP contribution in [0, 0.1) is 6.92 Å². The SMILES string of the molecule is Cc1c(-c2ccccc2)oc2c(C(=O)OCC(=O)NC(C)c3cccs3)cccc2c1=O. The Kier molecular flexibility index (Phi) is 6.18. The average molecular weight is 448 g/mol. The Hall–Kier alpha value is -3.71. The lowest BCUT2D eigenvalue weighted by Gasteiger charge is -2.13. The van der Waals surface area contributed by atoms with Crippen molar-refractivity contribution in [3.63, 3.8) is 0 Å². The number of amides is 1. The quantitative estimate of drug-likeness (QED) is 0.427. The van der Waals surface area contributed by atoms with Crippen molar-refractivity contribution in [2.75, 3.05) is 6.61 Å². The Morgan fingerprint density at radius 3 is 2.56 bits per heavy atom. The highest BCUT2D eigenvalue weighted by molar-refractivity contribution is 7.10. The summed E-state index contributed by atoms with van der Waals surface area (Å²) in [6, 6.07) is 17.6. The van der Waals surface area contributed by atoms with Gasteiger partial charge in [0.2, 0.25) is 0 Å². The van der Waals surface area contributed by atoms with Gasteiger partial charge in [-0.15, -0.1) is 11.3 Å². The van der Waals surface area contributed by atoms with Crippen molar-refractivity contribution in [1.82, 2.24) is 5.32 Å². The van der Waals surface area contributed by atoms with Gasteiger partial charge in [-0.2, -0.15) is 0 Å². The molecule has 32 heavy (non-hydrogen) atoms. The van der Waals surface area contributed by atoms with Crippen LogP contribution >= 0.6 is 11.3 Å². The molecule has 1 unspecified atom stereocenters. The summed E-state index contributed by atoms with van der Waals surface area (Å²) in [4.78, 5) is 38.9. The first-order chi connectivity index (χ1) is 15.5. The van der Waals surface area contributed by atoms with Gasteiger partial charge in [-0.05, 0) is 37.4 Å². The minimum absolute atomic E-state index is 0.0934. The van der Waals surface area contributed by atoms with E-state index in [9.17, 15) is 14.4 Å². The molecule has 162 valence electrons. The number of esters is 1. The third kappa shape index (κ3) is 4.33. The molecule has 2 aromatic heterocycles. The highest BCUT2D eigenvalue weighted by atomic mass is 32.1. The third-order valence-electron chi connectivity index (χ3n) is 5.08. The lowest BCUT2D eigenvalue weighted by atomic mass is 10.0. The van der Waals surface area contributed by atoms with Crippen LogP contribution in [0.3, 0.4) is 0 Å². The van der Waals surface area contributed by atoms with Gasteiger partial charge in [-0.1, -0.05) is 42.5 Å². The van der Waals surface area contributed by atoms with Crippen molar-refractivity contribution >= 4 is 34.2 Å². The first-order valence-electron chi connectivity index (χ1n) is 10.1. The molecule has 0 aliphatic rings. The number of hydrogen-bond donors (Lipinski definition) is 1. The van der Waals surface area contributed by atoms with E-state index in [0.29, 0.717) is 11.3 Å². The maximum absolute atomic E-state index is 12.9. The molecule has 0 aliphatic heterocycles. The van der Waals surface area contributed by atoms with Gasteiger partial charge in [0.25, 0.3) is 5.91 Å². The number of para-hydroxylation sites is 1. The Balaban J connectivity index is 1.58. The monoisotopic (exact) mass is 447 g/mol. The number of thiophene rings is 1. The second-order valence-corrected chi connectivity index (χ2v) is 8.29. The smallest absolute Gasteiger partial charge is 0.342 e. The van der Waals surface area contributed by atoms with Crippen molar-refractivity contribution in [3.8, 4) is 11.3 Å². The highest BCUT2D eigenvalue weighted by Crippen LogP contribution is 2.27. The number of hydrogen-bond acceptors (Lipinski definition) is 6. The van der Waals surface area contributed by atoms with Gasteiger partial charge >= 0.3 is 5.97 Å². The van der Waals surface area contributed by atoms with E-state index in [2.05, 4.69) is 5.32 Å². The summed E-state index contributed by atoms with van der Waals surface area (Å²) < 4.78 is 11.3. The molecule has 0 aliphatic carbocycles. The predicted molar refractivity (Wildman–Crippen MR) is 124 cm³/mol. The second kappa shape index (κ2) is 9.20. The first-order valence-corrected chi connectivity index (χ1v) is 11.0. The number of ether oxygens (including phenoxy) is 1. The lowest BCUT2D eigenvalue weighted by Crippen LogP contribution is -2.30.